The molecular formula is C30H34N6O5. The summed E-state index contributed by atoms with van der Waals surface area (Å²) in [6.45, 7) is 3.41. The summed E-state index contributed by atoms with van der Waals surface area (Å²) >= 11 is 0. The smallest absolute Gasteiger partial charge is 0.255 e. The molecule has 2 aliphatic rings. The highest BCUT2D eigenvalue weighted by atomic mass is 16.5. The van der Waals surface area contributed by atoms with Gasteiger partial charge in [0.25, 0.3) is 11.8 Å². The third kappa shape index (κ3) is 6.46. The highest BCUT2D eigenvalue weighted by Gasteiger charge is 2.54. The molecule has 2 saturated carbocycles. The molecule has 0 aliphatic heterocycles. The monoisotopic (exact) mass is 558 g/mol. The summed E-state index contributed by atoms with van der Waals surface area (Å²) in [4.78, 5) is 37.8. The molecule has 2 heterocycles. The Bertz CT molecular complexity index is 1440. The number of ether oxygens (including phenoxy) is 2. The van der Waals surface area contributed by atoms with Gasteiger partial charge in [-0.2, -0.15) is 0 Å². The third-order valence-electron chi connectivity index (χ3n) is 7.40. The van der Waals surface area contributed by atoms with Gasteiger partial charge in [0.1, 0.15) is 18.1 Å². The van der Waals surface area contributed by atoms with Crippen LogP contribution in [-0.4, -0.2) is 56.2 Å². The van der Waals surface area contributed by atoms with Crippen molar-refractivity contribution < 1.29 is 24.2 Å². The number of hydrogen-bond donors (Lipinski definition) is 4. The van der Waals surface area contributed by atoms with Crippen molar-refractivity contribution in [2.75, 3.05) is 6.61 Å². The molecule has 214 valence electrons. The van der Waals surface area contributed by atoms with Crippen LogP contribution in [0.1, 0.15) is 55.6 Å². The molecule has 5 rings (SSSR count). The van der Waals surface area contributed by atoms with Crippen LogP contribution in [0.3, 0.4) is 0 Å². The Morgan fingerprint density at radius 1 is 1.12 bits per heavy atom. The normalized spacial score (nSPS) is 21.9. The van der Waals surface area contributed by atoms with Crippen LogP contribution in [0.2, 0.25) is 0 Å². The van der Waals surface area contributed by atoms with Crippen molar-refractivity contribution in [3.63, 3.8) is 0 Å². The topological polar surface area (TPSA) is 176 Å². The van der Waals surface area contributed by atoms with Crippen LogP contribution in [0.4, 0.5) is 0 Å². The number of pyridine rings is 1. The SMILES string of the molecule is CC(C)(O)COc1ccc(C(=CN)C(=O)NC2CC3(C2)CC(Oc2cc(-c4ncccn4)ccc2C(N)=O)C3)nc1. The number of nitrogens with one attached hydrogen (secondary N) is 1. The van der Waals surface area contributed by atoms with E-state index in [1.807, 2.05) is 0 Å². The molecule has 0 bridgehead atoms. The number of hydrogen-bond acceptors (Lipinski definition) is 9. The number of benzene rings is 1. The molecule has 2 aliphatic carbocycles. The lowest BCUT2D eigenvalue weighted by Gasteiger charge is -2.57. The van der Waals surface area contributed by atoms with Gasteiger partial charge in [0, 0.05) is 30.2 Å². The van der Waals surface area contributed by atoms with Crippen LogP contribution < -0.4 is 26.3 Å². The lowest BCUT2D eigenvalue weighted by molar-refractivity contribution is -0.122. The van der Waals surface area contributed by atoms with Gasteiger partial charge in [0.2, 0.25) is 0 Å². The molecule has 2 fully saturated rings. The average molecular weight is 559 g/mol. The van der Waals surface area contributed by atoms with Crippen molar-refractivity contribution in [3.05, 3.63) is 72.4 Å². The minimum Gasteiger partial charge on any atom is -0.490 e. The number of aliphatic hydroxyl groups is 1. The van der Waals surface area contributed by atoms with Gasteiger partial charge in [0.05, 0.1) is 34.7 Å². The molecule has 0 unspecified atom stereocenters. The Balaban J connectivity index is 1.13. The van der Waals surface area contributed by atoms with E-state index < -0.39 is 11.5 Å². The Morgan fingerprint density at radius 3 is 2.46 bits per heavy atom. The van der Waals surface area contributed by atoms with Gasteiger partial charge in [-0.15, -0.1) is 0 Å². The largest absolute Gasteiger partial charge is 0.490 e. The second kappa shape index (κ2) is 11.2. The number of rotatable bonds is 10. The van der Waals surface area contributed by atoms with E-state index in [2.05, 4.69) is 20.3 Å². The molecule has 0 saturated heterocycles. The molecule has 11 nitrogen and oxygen atoms in total. The second-order valence-corrected chi connectivity index (χ2v) is 11.4. The number of nitrogens with two attached hydrogens (primary N) is 2. The summed E-state index contributed by atoms with van der Waals surface area (Å²) in [6, 6.07) is 10.2. The molecule has 1 aromatic carbocycles. The summed E-state index contributed by atoms with van der Waals surface area (Å²) in [6.07, 6.45) is 9.29. The van der Waals surface area contributed by atoms with Crippen LogP contribution >= 0.6 is 0 Å². The first-order valence-corrected chi connectivity index (χ1v) is 13.5. The number of carbonyl (C=O) groups is 2. The number of amides is 2. The molecule has 3 aromatic rings. The molecule has 1 spiro atoms. The van der Waals surface area contributed by atoms with Crippen molar-refractivity contribution in [1.82, 2.24) is 20.3 Å². The minimum atomic E-state index is -0.969. The quantitative estimate of drug-likeness (QED) is 0.273. The van der Waals surface area contributed by atoms with Gasteiger partial charge in [-0.25, -0.2) is 9.97 Å². The van der Waals surface area contributed by atoms with Gasteiger partial charge >= 0.3 is 0 Å². The van der Waals surface area contributed by atoms with E-state index in [-0.39, 0.29) is 35.6 Å². The van der Waals surface area contributed by atoms with Crippen molar-refractivity contribution in [2.24, 2.45) is 16.9 Å². The number of nitrogens with zero attached hydrogens (tertiary/aromatic N) is 3. The summed E-state index contributed by atoms with van der Waals surface area (Å²) in [5.41, 5.74) is 12.2. The Hall–Kier alpha value is -4.51. The highest BCUT2D eigenvalue weighted by molar-refractivity contribution is 6.18. The summed E-state index contributed by atoms with van der Waals surface area (Å²) < 4.78 is 11.7. The molecule has 0 atom stereocenters. The Kier molecular flexibility index (Phi) is 7.63. The van der Waals surface area contributed by atoms with Crippen molar-refractivity contribution in [3.8, 4) is 22.9 Å². The Morgan fingerprint density at radius 2 is 1.85 bits per heavy atom. The lowest BCUT2D eigenvalue weighted by Crippen LogP contribution is -2.58. The number of primary amides is 1. The zero-order chi connectivity index (χ0) is 29.2. The molecular weight excluding hydrogens is 524 g/mol. The van der Waals surface area contributed by atoms with Gasteiger partial charge in [-0.3, -0.25) is 14.6 Å². The molecule has 0 radical (unpaired) electrons. The standard InChI is InChI=1S/C30H34N6O5/c1-29(2,39)17-40-20-5-7-24(35-16-20)23(15-31)28(38)36-19-11-30(12-19)13-21(14-30)41-25-10-18(4-6-22(25)26(32)37)27-33-8-3-9-34-27/h3-10,15-16,19,21,39H,11-14,17,31H2,1-2H3,(H2,32,37)(H,36,38). The van der Waals surface area contributed by atoms with E-state index in [0.29, 0.717) is 28.6 Å². The second-order valence-electron chi connectivity index (χ2n) is 11.4. The van der Waals surface area contributed by atoms with Crippen molar-refractivity contribution in [2.45, 2.75) is 57.3 Å². The fourth-order valence-electron chi connectivity index (χ4n) is 5.43. The average Bonchev–Trinajstić information content (AvgIpc) is 2.90. The first-order valence-electron chi connectivity index (χ1n) is 13.5. The van der Waals surface area contributed by atoms with E-state index in [4.69, 9.17) is 20.9 Å². The van der Waals surface area contributed by atoms with Gasteiger partial charge in [-0.05, 0) is 75.3 Å². The minimum absolute atomic E-state index is 0.0209. The van der Waals surface area contributed by atoms with E-state index in [1.54, 1.807) is 62.6 Å². The van der Waals surface area contributed by atoms with Crippen molar-refractivity contribution >= 4 is 17.4 Å². The maximum atomic E-state index is 13.0. The van der Waals surface area contributed by atoms with Crippen molar-refractivity contribution in [1.29, 1.82) is 0 Å². The predicted octanol–water partition coefficient (Wildman–Crippen LogP) is 2.59. The summed E-state index contributed by atoms with van der Waals surface area (Å²) in [5.74, 6) is 0.595. The number of carbonyl (C=O) groups excluding carboxylic acids is 2. The maximum Gasteiger partial charge on any atom is 0.255 e. The van der Waals surface area contributed by atoms with E-state index in [0.717, 1.165) is 31.2 Å². The molecule has 2 aromatic heterocycles. The first kappa shape index (κ1) is 28.0. The summed E-state index contributed by atoms with van der Waals surface area (Å²) in [7, 11) is 0. The lowest BCUT2D eigenvalue weighted by atomic mass is 9.53. The van der Waals surface area contributed by atoms with Crippen LogP contribution in [0.5, 0.6) is 11.5 Å². The van der Waals surface area contributed by atoms with E-state index in [9.17, 15) is 14.7 Å². The summed E-state index contributed by atoms with van der Waals surface area (Å²) in [5, 5.41) is 12.9. The third-order valence-corrected chi connectivity index (χ3v) is 7.40. The zero-order valence-corrected chi connectivity index (χ0v) is 23.0. The van der Waals surface area contributed by atoms with Crippen LogP contribution in [0.25, 0.3) is 17.0 Å². The Labute approximate surface area is 238 Å². The molecule has 6 N–H and O–H groups in total. The van der Waals surface area contributed by atoms with Gasteiger partial charge in [-0.1, -0.05) is 6.07 Å². The van der Waals surface area contributed by atoms with Gasteiger partial charge < -0.3 is 31.4 Å². The van der Waals surface area contributed by atoms with Crippen LogP contribution in [0.15, 0.2) is 61.2 Å². The number of aromatic nitrogens is 3. The zero-order valence-electron chi connectivity index (χ0n) is 23.0. The van der Waals surface area contributed by atoms with E-state index >= 15 is 0 Å². The first-order chi connectivity index (χ1) is 19.5. The fourth-order valence-corrected chi connectivity index (χ4v) is 5.43. The molecule has 11 heteroatoms. The molecule has 41 heavy (non-hydrogen) atoms. The van der Waals surface area contributed by atoms with Crippen LogP contribution in [-0.2, 0) is 4.79 Å². The maximum absolute atomic E-state index is 13.0. The van der Waals surface area contributed by atoms with Gasteiger partial charge in [0.15, 0.2) is 5.82 Å². The van der Waals surface area contributed by atoms with E-state index in [1.165, 1.54) is 12.4 Å². The van der Waals surface area contributed by atoms with Crippen LogP contribution in [0, 0.1) is 5.41 Å². The predicted molar refractivity (Wildman–Crippen MR) is 151 cm³/mol. The fraction of sp³-hybridized carbons (Fsp3) is 0.367. The molecule has 2 amide bonds. The highest BCUT2D eigenvalue weighted by Crippen LogP contribution is 2.57.